The number of amides is 1. The number of hydrogen-bond donors (Lipinski definition) is 1. The van der Waals surface area contributed by atoms with Crippen LogP contribution >= 0.6 is 11.3 Å². The largest absolute Gasteiger partial charge is 0.345 e. The van der Waals surface area contributed by atoms with Crippen LogP contribution in [0.3, 0.4) is 0 Å². The molecule has 1 aromatic carbocycles. The number of carbonyl (C=O) groups excluding carboxylic acids is 1. The maximum Gasteiger partial charge on any atom is 0.270 e. The molecule has 1 fully saturated rings. The third-order valence-corrected chi connectivity index (χ3v) is 8.09. The van der Waals surface area contributed by atoms with Gasteiger partial charge in [0.05, 0.1) is 0 Å². The SMILES string of the molecule is CNS(=O)(=O)c1cc(C(=O)N2CCN(Cc3ccc(-c4cccc(F)c4)s3)CC2)n(C)c1. The van der Waals surface area contributed by atoms with Crippen molar-refractivity contribution in [2.45, 2.75) is 11.4 Å². The Bertz CT molecular complexity index is 1230. The summed E-state index contributed by atoms with van der Waals surface area (Å²) in [5.74, 6) is -0.415. The van der Waals surface area contributed by atoms with Crippen LogP contribution in [0.15, 0.2) is 53.6 Å². The number of benzene rings is 1. The number of carbonyl (C=O) groups is 1. The molecule has 0 unspecified atom stereocenters. The summed E-state index contributed by atoms with van der Waals surface area (Å²) >= 11 is 1.65. The van der Waals surface area contributed by atoms with Crippen molar-refractivity contribution in [1.82, 2.24) is 19.1 Å². The van der Waals surface area contributed by atoms with Crippen LogP contribution < -0.4 is 4.72 Å². The predicted octanol–water partition coefficient (Wildman–Crippen LogP) is 2.76. The minimum Gasteiger partial charge on any atom is -0.345 e. The van der Waals surface area contributed by atoms with Crippen molar-refractivity contribution < 1.29 is 17.6 Å². The van der Waals surface area contributed by atoms with E-state index in [2.05, 4.69) is 15.7 Å². The van der Waals surface area contributed by atoms with Gasteiger partial charge >= 0.3 is 0 Å². The summed E-state index contributed by atoms with van der Waals surface area (Å²) < 4.78 is 41.3. The lowest BCUT2D eigenvalue weighted by molar-refractivity contribution is 0.0620. The maximum absolute atomic E-state index is 13.5. The normalized spacial score (nSPS) is 15.3. The standard InChI is InChI=1S/C22H25FN4O3S2/c1-24-32(29,30)19-13-20(25(2)15-19)22(28)27-10-8-26(9-11-27)14-18-6-7-21(31-18)16-4-3-5-17(23)12-16/h3-7,12-13,15,24H,8-11,14H2,1-2H3. The maximum atomic E-state index is 13.5. The first-order valence-corrected chi connectivity index (χ1v) is 12.5. The van der Waals surface area contributed by atoms with Gasteiger partial charge in [-0.25, -0.2) is 17.5 Å². The first kappa shape index (κ1) is 22.7. The van der Waals surface area contributed by atoms with Gasteiger partial charge in [-0.15, -0.1) is 11.3 Å². The van der Waals surface area contributed by atoms with Gasteiger partial charge in [-0.1, -0.05) is 12.1 Å². The molecule has 1 aliphatic rings. The van der Waals surface area contributed by atoms with Gasteiger partial charge in [0.25, 0.3) is 5.91 Å². The van der Waals surface area contributed by atoms with Crippen LogP contribution in [-0.2, 0) is 23.6 Å². The number of piperazine rings is 1. The molecule has 170 valence electrons. The number of aryl methyl sites for hydroxylation is 1. The molecule has 3 aromatic rings. The number of hydrogen-bond acceptors (Lipinski definition) is 5. The van der Waals surface area contributed by atoms with E-state index in [9.17, 15) is 17.6 Å². The van der Waals surface area contributed by atoms with Crippen molar-refractivity contribution in [3.8, 4) is 10.4 Å². The lowest BCUT2D eigenvalue weighted by atomic mass is 10.2. The lowest BCUT2D eigenvalue weighted by Crippen LogP contribution is -2.48. The second-order valence-corrected chi connectivity index (χ2v) is 10.8. The fraction of sp³-hybridized carbons (Fsp3) is 0.318. The fourth-order valence-electron chi connectivity index (χ4n) is 3.76. The molecule has 10 heteroatoms. The number of halogens is 1. The summed E-state index contributed by atoms with van der Waals surface area (Å²) in [5.41, 5.74) is 1.23. The van der Waals surface area contributed by atoms with E-state index in [-0.39, 0.29) is 16.6 Å². The molecule has 0 aliphatic carbocycles. The van der Waals surface area contributed by atoms with E-state index < -0.39 is 10.0 Å². The van der Waals surface area contributed by atoms with E-state index in [0.717, 1.165) is 30.1 Å². The van der Waals surface area contributed by atoms with Crippen molar-refractivity contribution in [2.75, 3.05) is 33.2 Å². The molecule has 0 atom stereocenters. The molecule has 1 aliphatic heterocycles. The Hall–Kier alpha value is -2.53. The van der Waals surface area contributed by atoms with Crippen LogP contribution in [0.1, 0.15) is 15.4 Å². The van der Waals surface area contributed by atoms with Crippen molar-refractivity contribution in [2.24, 2.45) is 7.05 Å². The molecule has 1 N–H and O–H groups in total. The van der Waals surface area contributed by atoms with Crippen molar-refractivity contribution >= 4 is 27.3 Å². The third kappa shape index (κ3) is 4.78. The zero-order chi connectivity index (χ0) is 22.9. The molecule has 1 saturated heterocycles. The Morgan fingerprint density at radius 3 is 2.56 bits per heavy atom. The highest BCUT2D eigenvalue weighted by Gasteiger charge is 2.26. The van der Waals surface area contributed by atoms with E-state index in [1.807, 2.05) is 12.1 Å². The highest BCUT2D eigenvalue weighted by molar-refractivity contribution is 7.89. The summed E-state index contributed by atoms with van der Waals surface area (Å²) in [6, 6.07) is 12.1. The summed E-state index contributed by atoms with van der Waals surface area (Å²) in [6.07, 6.45) is 1.45. The minimum atomic E-state index is -3.60. The van der Waals surface area contributed by atoms with Gasteiger partial charge in [-0.3, -0.25) is 9.69 Å². The Balaban J connectivity index is 1.36. The molecule has 32 heavy (non-hydrogen) atoms. The molecule has 3 heterocycles. The molecule has 7 nitrogen and oxygen atoms in total. The molecular formula is C22H25FN4O3S2. The molecule has 4 rings (SSSR count). The minimum absolute atomic E-state index is 0.0799. The second-order valence-electron chi connectivity index (χ2n) is 7.72. The molecule has 2 aromatic heterocycles. The molecule has 0 radical (unpaired) electrons. The van der Waals surface area contributed by atoms with E-state index in [1.54, 1.807) is 33.9 Å². The van der Waals surface area contributed by atoms with E-state index in [0.29, 0.717) is 18.8 Å². The van der Waals surface area contributed by atoms with Crippen molar-refractivity contribution in [3.63, 3.8) is 0 Å². The van der Waals surface area contributed by atoms with Crippen LogP contribution in [0, 0.1) is 5.82 Å². The van der Waals surface area contributed by atoms with Crippen LogP contribution in [0.25, 0.3) is 10.4 Å². The third-order valence-electron chi connectivity index (χ3n) is 5.59. The van der Waals surface area contributed by atoms with Gasteiger partial charge in [0, 0.05) is 55.7 Å². The highest BCUT2D eigenvalue weighted by atomic mass is 32.2. The highest BCUT2D eigenvalue weighted by Crippen LogP contribution is 2.29. The van der Waals surface area contributed by atoms with E-state index in [1.165, 1.54) is 36.3 Å². The van der Waals surface area contributed by atoms with Crippen LogP contribution in [-0.4, -0.2) is 61.9 Å². The Morgan fingerprint density at radius 1 is 1.12 bits per heavy atom. The van der Waals surface area contributed by atoms with Gasteiger partial charge in [-0.05, 0) is 42.9 Å². The van der Waals surface area contributed by atoms with Gasteiger partial charge in [0.2, 0.25) is 10.0 Å². The van der Waals surface area contributed by atoms with Gasteiger partial charge in [-0.2, -0.15) is 0 Å². The zero-order valence-corrected chi connectivity index (χ0v) is 19.5. The zero-order valence-electron chi connectivity index (χ0n) is 17.9. The average Bonchev–Trinajstić information content (AvgIpc) is 3.41. The van der Waals surface area contributed by atoms with E-state index in [4.69, 9.17) is 0 Å². The lowest BCUT2D eigenvalue weighted by Gasteiger charge is -2.34. The Morgan fingerprint density at radius 2 is 1.88 bits per heavy atom. The smallest absolute Gasteiger partial charge is 0.270 e. The topological polar surface area (TPSA) is 74.7 Å². The average molecular weight is 477 g/mol. The molecular weight excluding hydrogens is 451 g/mol. The summed E-state index contributed by atoms with van der Waals surface area (Å²) in [5, 5.41) is 0. The Labute approximate surface area is 191 Å². The number of sulfonamides is 1. The Kier molecular flexibility index (Phi) is 6.47. The first-order chi connectivity index (χ1) is 15.3. The molecule has 0 spiro atoms. The summed E-state index contributed by atoms with van der Waals surface area (Å²) in [6.45, 7) is 3.37. The van der Waals surface area contributed by atoms with Gasteiger partial charge in [0.15, 0.2) is 0 Å². The van der Waals surface area contributed by atoms with E-state index >= 15 is 0 Å². The van der Waals surface area contributed by atoms with Crippen molar-refractivity contribution in [1.29, 1.82) is 0 Å². The molecule has 0 bridgehead atoms. The number of rotatable bonds is 6. The van der Waals surface area contributed by atoms with Gasteiger partial charge in [0.1, 0.15) is 16.4 Å². The van der Waals surface area contributed by atoms with Gasteiger partial charge < -0.3 is 9.47 Å². The van der Waals surface area contributed by atoms with Crippen molar-refractivity contribution in [3.05, 3.63) is 65.0 Å². The number of nitrogens with one attached hydrogen (secondary N) is 1. The number of aromatic nitrogens is 1. The summed E-state index contributed by atoms with van der Waals surface area (Å²) in [7, 11) is -0.581. The predicted molar refractivity (Wildman–Crippen MR) is 123 cm³/mol. The molecule has 0 saturated carbocycles. The quantitative estimate of drug-likeness (QED) is 0.594. The molecule has 1 amide bonds. The van der Waals surface area contributed by atoms with Crippen LogP contribution in [0.4, 0.5) is 4.39 Å². The van der Waals surface area contributed by atoms with Crippen LogP contribution in [0.5, 0.6) is 0 Å². The summed E-state index contributed by atoms with van der Waals surface area (Å²) in [4.78, 5) is 19.3. The monoisotopic (exact) mass is 476 g/mol. The first-order valence-electron chi connectivity index (χ1n) is 10.2. The number of thiophene rings is 1. The number of nitrogens with zero attached hydrogens (tertiary/aromatic N) is 3. The van der Waals surface area contributed by atoms with Crippen LogP contribution in [0.2, 0.25) is 0 Å². The second kappa shape index (κ2) is 9.14. The fourth-order valence-corrected chi connectivity index (χ4v) is 5.61.